The third-order valence-corrected chi connectivity index (χ3v) is 3.33. The van der Waals surface area contributed by atoms with E-state index in [2.05, 4.69) is 28.6 Å². The van der Waals surface area contributed by atoms with Crippen molar-refractivity contribution in [1.82, 2.24) is 4.98 Å². The Hall–Kier alpha value is -1.74. The summed E-state index contributed by atoms with van der Waals surface area (Å²) in [5.74, 6) is 0.216. The average molecular weight is 215 g/mol. The van der Waals surface area contributed by atoms with Gasteiger partial charge in [-0.05, 0) is 23.1 Å². The van der Waals surface area contributed by atoms with Gasteiger partial charge in [0.05, 0.1) is 0 Å². The summed E-state index contributed by atoms with van der Waals surface area (Å²) < 4.78 is 0. The molecule has 1 aromatic carbocycles. The van der Waals surface area contributed by atoms with Gasteiger partial charge < -0.3 is 10.1 Å². The summed E-state index contributed by atoms with van der Waals surface area (Å²) in [5.41, 5.74) is 2.15. The zero-order chi connectivity index (χ0) is 10.3. The molecule has 0 spiro atoms. The first kappa shape index (κ1) is 8.56. The van der Waals surface area contributed by atoms with Crippen molar-refractivity contribution >= 4 is 22.2 Å². The maximum absolute atomic E-state index is 9.32. The number of benzene rings is 1. The highest BCUT2D eigenvalue weighted by Crippen LogP contribution is 2.28. The van der Waals surface area contributed by atoms with Crippen LogP contribution in [0.3, 0.4) is 0 Å². The molecule has 0 aliphatic rings. The third-order valence-electron chi connectivity index (χ3n) is 2.41. The second kappa shape index (κ2) is 3.14. The Morgan fingerprint density at radius 3 is 2.87 bits per heavy atom. The smallest absolute Gasteiger partial charge is 0.189 e. The zero-order valence-electron chi connectivity index (χ0n) is 7.90. The van der Waals surface area contributed by atoms with Crippen molar-refractivity contribution in [2.45, 2.75) is 0 Å². The average Bonchev–Trinajstić information content (AvgIpc) is 2.82. The van der Waals surface area contributed by atoms with Gasteiger partial charge in [0.15, 0.2) is 5.88 Å². The number of hydrogen-bond donors (Lipinski definition) is 2. The molecule has 3 aromatic rings. The molecule has 3 rings (SSSR count). The standard InChI is InChI=1S/C12H9NOS/c14-12-7-8-3-4-9(6-10(8)13-12)11-2-1-5-15-11/h1-7,13-14H. The van der Waals surface area contributed by atoms with Crippen LogP contribution in [-0.4, -0.2) is 10.1 Å². The van der Waals surface area contributed by atoms with Crippen molar-refractivity contribution in [2.75, 3.05) is 0 Å². The molecule has 0 radical (unpaired) electrons. The Morgan fingerprint density at radius 1 is 1.13 bits per heavy atom. The van der Waals surface area contributed by atoms with Crippen molar-refractivity contribution in [3.63, 3.8) is 0 Å². The first-order valence-electron chi connectivity index (χ1n) is 4.68. The van der Waals surface area contributed by atoms with Crippen LogP contribution in [0.25, 0.3) is 21.3 Å². The van der Waals surface area contributed by atoms with Gasteiger partial charge in [-0.15, -0.1) is 11.3 Å². The maximum atomic E-state index is 9.32. The van der Waals surface area contributed by atoms with Crippen LogP contribution in [0.1, 0.15) is 0 Å². The number of thiophene rings is 1. The van der Waals surface area contributed by atoms with Crippen LogP contribution >= 0.6 is 11.3 Å². The fourth-order valence-electron chi connectivity index (χ4n) is 1.71. The van der Waals surface area contributed by atoms with Crippen LogP contribution in [0.5, 0.6) is 5.88 Å². The first-order valence-corrected chi connectivity index (χ1v) is 5.56. The molecule has 74 valence electrons. The molecule has 2 aromatic heterocycles. The molecule has 0 aliphatic heterocycles. The Morgan fingerprint density at radius 2 is 2.07 bits per heavy atom. The SMILES string of the molecule is Oc1cc2ccc(-c3cccs3)cc2[nH]1. The molecule has 0 saturated carbocycles. The van der Waals surface area contributed by atoms with Crippen molar-refractivity contribution < 1.29 is 5.11 Å². The van der Waals surface area contributed by atoms with E-state index in [1.54, 1.807) is 17.4 Å². The monoisotopic (exact) mass is 215 g/mol. The molecule has 0 unspecified atom stereocenters. The molecular formula is C12H9NOS. The van der Waals surface area contributed by atoms with E-state index in [1.807, 2.05) is 12.1 Å². The number of aromatic hydroxyl groups is 1. The Bertz CT molecular complexity index is 595. The molecule has 15 heavy (non-hydrogen) atoms. The Kier molecular flexibility index (Phi) is 1.79. The van der Waals surface area contributed by atoms with Crippen molar-refractivity contribution in [3.8, 4) is 16.3 Å². The van der Waals surface area contributed by atoms with Crippen LogP contribution in [0, 0.1) is 0 Å². The number of nitrogens with one attached hydrogen (secondary N) is 1. The predicted octanol–water partition coefficient (Wildman–Crippen LogP) is 3.60. The number of rotatable bonds is 1. The van der Waals surface area contributed by atoms with Crippen molar-refractivity contribution in [1.29, 1.82) is 0 Å². The summed E-state index contributed by atoms with van der Waals surface area (Å²) in [5, 5.41) is 12.4. The molecular weight excluding hydrogens is 206 g/mol. The van der Waals surface area contributed by atoms with Gasteiger partial charge in [-0.2, -0.15) is 0 Å². The lowest BCUT2D eigenvalue weighted by Crippen LogP contribution is -1.72. The summed E-state index contributed by atoms with van der Waals surface area (Å²) in [7, 11) is 0. The predicted molar refractivity (Wildman–Crippen MR) is 63.3 cm³/mol. The van der Waals surface area contributed by atoms with Gasteiger partial charge in [0.25, 0.3) is 0 Å². The first-order chi connectivity index (χ1) is 7.33. The van der Waals surface area contributed by atoms with Gasteiger partial charge in [0.1, 0.15) is 0 Å². The fourth-order valence-corrected chi connectivity index (χ4v) is 2.43. The van der Waals surface area contributed by atoms with E-state index in [4.69, 9.17) is 0 Å². The minimum Gasteiger partial charge on any atom is -0.495 e. The van der Waals surface area contributed by atoms with Crippen LogP contribution in [0.4, 0.5) is 0 Å². The van der Waals surface area contributed by atoms with Gasteiger partial charge in [0, 0.05) is 21.8 Å². The van der Waals surface area contributed by atoms with E-state index in [0.717, 1.165) is 10.9 Å². The number of H-pyrrole nitrogens is 1. The normalized spacial score (nSPS) is 10.9. The van der Waals surface area contributed by atoms with Crippen LogP contribution in [0.2, 0.25) is 0 Å². The van der Waals surface area contributed by atoms with Gasteiger partial charge in [-0.25, -0.2) is 0 Å². The van der Waals surface area contributed by atoms with Crippen LogP contribution in [0.15, 0.2) is 41.8 Å². The van der Waals surface area contributed by atoms with E-state index in [-0.39, 0.29) is 5.88 Å². The highest BCUT2D eigenvalue weighted by Gasteiger charge is 2.02. The lowest BCUT2D eigenvalue weighted by atomic mass is 10.1. The number of fused-ring (bicyclic) bond motifs is 1. The van der Waals surface area contributed by atoms with E-state index < -0.39 is 0 Å². The van der Waals surface area contributed by atoms with E-state index in [0.29, 0.717) is 0 Å². The molecule has 2 N–H and O–H groups in total. The second-order valence-electron chi connectivity index (χ2n) is 3.43. The molecule has 0 saturated heterocycles. The highest BCUT2D eigenvalue weighted by atomic mass is 32.1. The van der Waals surface area contributed by atoms with Gasteiger partial charge in [-0.1, -0.05) is 18.2 Å². The molecule has 0 atom stereocenters. The third kappa shape index (κ3) is 1.41. The summed E-state index contributed by atoms with van der Waals surface area (Å²) in [6, 6.07) is 12.0. The minimum atomic E-state index is 0.216. The lowest BCUT2D eigenvalue weighted by molar-refractivity contribution is 0.458. The molecule has 0 bridgehead atoms. The highest BCUT2D eigenvalue weighted by molar-refractivity contribution is 7.13. The topological polar surface area (TPSA) is 36.0 Å². The zero-order valence-corrected chi connectivity index (χ0v) is 8.71. The minimum absolute atomic E-state index is 0.216. The van der Waals surface area contributed by atoms with Crippen LogP contribution in [-0.2, 0) is 0 Å². The van der Waals surface area contributed by atoms with Crippen molar-refractivity contribution in [3.05, 3.63) is 41.8 Å². The largest absolute Gasteiger partial charge is 0.495 e. The lowest BCUT2D eigenvalue weighted by Gasteiger charge is -1.96. The van der Waals surface area contributed by atoms with Crippen LogP contribution < -0.4 is 0 Å². The summed E-state index contributed by atoms with van der Waals surface area (Å²) >= 11 is 1.71. The number of aromatic amines is 1. The van der Waals surface area contributed by atoms with E-state index in [1.165, 1.54) is 10.4 Å². The van der Waals surface area contributed by atoms with E-state index >= 15 is 0 Å². The molecule has 0 amide bonds. The molecule has 3 heteroatoms. The molecule has 2 heterocycles. The Balaban J connectivity index is 2.21. The number of aromatic nitrogens is 1. The summed E-state index contributed by atoms with van der Waals surface area (Å²) in [4.78, 5) is 4.16. The summed E-state index contributed by atoms with van der Waals surface area (Å²) in [6.07, 6.45) is 0. The Labute approximate surface area is 90.8 Å². The maximum Gasteiger partial charge on any atom is 0.189 e. The number of hydrogen-bond acceptors (Lipinski definition) is 2. The second-order valence-corrected chi connectivity index (χ2v) is 4.38. The molecule has 0 fully saturated rings. The molecule has 2 nitrogen and oxygen atoms in total. The van der Waals surface area contributed by atoms with E-state index in [9.17, 15) is 5.11 Å². The van der Waals surface area contributed by atoms with Crippen molar-refractivity contribution in [2.24, 2.45) is 0 Å². The van der Waals surface area contributed by atoms with Gasteiger partial charge >= 0.3 is 0 Å². The van der Waals surface area contributed by atoms with Gasteiger partial charge in [0.2, 0.25) is 0 Å². The van der Waals surface area contributed by atoms with Gasteiger partial charge in [-0.3, -0.25) is 0 Å². The molecule has 0 aliphatic carbocycles. The fraction of sp³-hybridized carbons (Fsp3) is 0. The quantitative estimate of drug-likeness (QED) is 0.639. The summed E-state index contributed by atoms with van der Waals surface area (Å²) in [6.45, 7) is 0.